The van der Waals surface area contributed by atoms with E-state index in [1.807, 2.05) is 13.1 Å². The lowest BCUT2D eigenvalue weighted by Crippen LogP contribution is -2.35. The van der Waals surface area contributed by atoms with E-state index in [4.69, 9.17) is 42.4 Å². The average Bonchev–Trinajstić information content (AvgIpc) is 3.55. The number of hydrogen-bond donors (Lipinski definition) is 1. The Kier molecular flexibility index (Phi) is 8.99. The molecular weight excluding hydrogens is 634 g/mol. The van der Waals surface area contributed by atoms with Crippen LogP contribution >= 0.6 is 23.2 Å². The van der Waals surface area contributed by atoms with Crippen LogP contribution in [-0.2, 0) is 11.2 Å². The summed E-state index contributed by atoms with van der Waals surface area (Å²) in [5, 5.41) is 4.34. The van der Waals surface area contributed by atoms with E-state index in [0.717, 1.165) is 25.9 Å². The van der Waals surface area contributed by atoms with E-state index in [-0.39, 0.29) is 30.0 Å². The van der Waals surface area contributed by atoms with Crippen LogP contribution in [0.5, 0.6) is 17.2 Å². The van der Waals surface area contributed by atoms with Crippen molar-refractivity contribution in [2.24, 2.45) is 0 Å². The lowest BCUT2D eigenvalue weighted by Gasteiger charge is -2.29. The molecule has 238 valence electrons. The molecule has 1 N–H and O–H groups in total. The van der Waals surface area contributed by atoms with Gasteiger partial charge in [-0.2, -0.15) is 4.98 Å². The first-order chi connectivity index (χ1) is 22.2. The lowest BCUT2D eigenvalue weighted by molar-refractivity contribution is -0.114. The van der Waals surface area contributed by atoms with Gasteiger partial charge >= 0.3 is 0 Å². The predicted octanol–water partition coefficient (Wildman–Crippen LogP) is 6.92. The van der Waals surface area contributed by atoms with Crippen molar-refractivity contribution in [3.63, 3.8) is 0 Å². The van der Waals surface area contributed by atoms with Crippen LogP contribution in [0.25, 0.3) is 27.8 Å². The fraction of sp³-hybridized carbons (Fsp3) is 0.273. The number of rotatable bonds is 10. The summed E-state index contributed by atoms with van der Waals surface area (Å²) in [6, 6.07) is 6.32. The molecule has 2 aromatic carbocycles. The van der Waals surface area contributed by atoms with Gasteiger partial charge in [0.05, 0.1) is 24.3 Å². The monoisotopic (exact) mass is 664 g/mol. The van der Waals surface area contributed by atoms with E-state index in [9.17, 15) is 4.79 Å². The summed E-state index contributed by atoms with van der Waals surface area (Å²) >= 11 is 13.5. The fourth-order valence-electron chi connectivity index (χ4n) is 5.55. The summed E-state index contributed by atoms with van der Waals surface area (Å²) < 4.78 is 34.2. The van der Waals surface area contributed by atoms with E-state index < -0.39 is 5.82 Å². The molecule has 1 saturated heterocycles. The second-order valence-corrected chi connectivity index (χ2v) is 11.7. The Bertz CT molecular complexity index is 1950. The smallest absolute Gasteiger partial charge is 0.229 e. The Morgan fingerprint density at radius 3 is 2.46 bits per heavy atom. The Balaban J connectivity index is 1.39. The number of ketones is 1. The molecule has 10 nitrogen and oxygen atoms in total. The summed E-state index contributed by atoms with van der Waals surface area (Å²) in [5.41, 5.74) is 2.99. The number of piperidine rings is 1. The average molecular weight is 666 g/mol. The van der Waals surface area contributed by atoms with Crippen molar-refractivity contribution >= 4 is 57.3 Å². The number of nitrogens with zero attached hydrogens (tertiary/aromatic N) is 5. The van der Waals surface area contributed by atoms with Crippen LogP contribution < -0.4 is 19.5 Å². The standard InChI is InChI=1S/C33H31Cl2FN6O4/c1-5-20(43)12-18-14-25(46-21-6-9-41(2)10-7-21)23(36)15-24(18)39-33-38-17-19-13-22(32-37-8-11-42(32)31(19)40-33)28-29(34)26(44-3)16-27(45-4)30(28)35/h5,8,11,13-17,21H,1,6-7,9-10,12H2,2-4H3,(H,38,39,40). The number of hydrogen-bond acceptors (Lipinski definition) is 9. The van der Waals surface area contributed by atoms with Gasteiger partial charge in [0.25, 0.3) is 0 Å². The first-order valence-electron chi connectivity index (χ1n) is 14.5. The minimum absolute atomic E-state index is 0.00982. The number of carbonyl (C=O) groups excluding carboxylic acids is 1. The number of fused-ring (bicyclic) bond motifs is 3. The molecule has 0 aliphatic carbocycles. The van der Waals surface area contributed by atoms with Gasteiger partial charge in [-0.05, 0) is 43.7 Å². The number of halogens is 3. The van der Waals surface area contributed by atoms with E-state index in [2.05, 4.69) is 26.8 Å². The maximum absolute atomic E-state index is 15.4. The van der Waals surface area contributed by atoms with Gasteiger partial charge in [-0.3, -0.25) is 9.20 Å². The highest BCUT2D eigenvalue weighted by Gasteiger charge is 2.24. The second-order valence-electron chi connectivity index (χ2n) is 11.0. The number of pyridine rings is 1. The molecule has 1 fully saturated rings. The first-order valence-corrected chi connectivity index (χ1v) is 15.3. The van der Waals surface area contributed by atoms with Gasteiger partial charge in [-0.1, -0.05) is 29.8 Å². The molecule has 5 aromatic rings. The van der Waals surface area contributed by atoms with Crippen molar-refractivity contribution in [1.29, 1.82) is 0 Å². The van der Waals surface area contributed by atoms with Crippen LogP contribution in [0.15, 0.2) is 55.5 Å². The zero-order valence-corrected chi connectivity index (χ0v) is 27.0. The number of nitrogens with one attached hydrogen (secondary N) is 1. The molecule has 46 heavy (non-hydrogen) atoms. The van der Waals surface area contributed by atoms with E-state index in [1.54, 1.807) is 35.1 Å². The van der Waals surface area contributed by atoms with Crippen LogP contribution in [0.2, 0.25) is 10.0 Å². The third-order valence-electron chi connectivity index (χ3n) is 8.00. The summed E-state index contributed by atoms with van der Waals surface area (Å²) in [4.78, 5) is 28.4. The second kappa shape index (κ2) is 13.1. The summed E-state index contributed by atoms with van der Waals surface area (Å²) in [6.45, 7) is 5.32. The lowest BCUT2D eigenvalue weighted by atomic mass is 10.0. The molecule has 0 amide bonds. The van der Waals surface area contributed by atoms with E-state index in [0.29, 0.717) is 60.6 Å². The molecule has 3 aromatic heterocycles. The quantitative estimate of drug-likeness (QED) is 0.159. The van der Waals surface area contributed by atoms with Crippen LogP contribution in [-0.4, -0.2) is 70.5 Å². The Morgan fingerprint density at radius 1 is 1.07 bits per heavy atom. The topological polar surface area (TPSA) is 103 Å². The maximum Gasteiger partial charge on any atom is 0.229 e. The Morgan fingerprint density at radius 2 is 1.78 bits per heavy atom. The minimum Gasteiger partial charge on any atom is -0.495 e. The molecule has 0 bridgehead atoms. The minimum atomic E-state index is -0.555. The molecule has 0 unspecified atom stereocenters. The van der Waals surface area contributed by atoms with Gasteiger partial charge in [0.1, 0.15) is 23.3 Å². The SMILES string of the molecule is C=CC(=O)Cc1cc(OC2CCN(C)CC2)c(F)cc1Nc1ncc2cc(-c3c(Cl)c(OC)cc(OC)c3Cl)c3nccn3c2n1. The van der Waals surface area contributed by atoms with Crippen molar-refractivity contribution in [2.45, 2.75) is 25.4 Å². The number of anilines is 2. The van der Waals surface area contributed by atoms with Gasteiger partial charge in [0.15, 0.2) is 23.0 Å². The number of carbonyl (C=O) groups is 1. The third-order valence-corrected chi connectivity index (χ3v) is 8.75. The fourth-order valence-corrected chi connectivity index (χ4v) is 6.25. The zero-order chi connectivity index (χ0) is 32.5. The first kappa shape index (κ1) is 31.5. The number of benzene rings is 2. The van der Waals surface area contributed by atoms with Crippen molar-refractivity contribution in [3.05, 3.63) is 76.9 Å². The molecule has 4 heterocycles. The summed E-state index contributed by atoms with van der Waals surface area (Å²) in [7, 11) is 5.06. The van der Waals surface area contributed by atoms with Crippen LogP contribution in [0.3, 0.4) is 0 Å². The maximum atomic E-state index is 15.4. The number of likely N-dealkylation sites (tertiary alicyclic amines) is 1. The number of allylic oxidation sites excluding steroid dienone is 1. The molecule has 1 aliphatic rings. The number of ether oxygens (including phenoxy) is 3. The highest BCUT2D eigenvalue weighted by atomic mass is 35.5. The van der Waals surface area contributed by atoms with Crippen LogP contribution in [0.1, 0.15) is 18.4 Å². The number of methoxy groups -OCH3 is 2. The highest BCUT2D eigenvalue weighted by Crippen LogP contribution is 2.47. The predicted molar refractivity (Wildman–Crippen MR) is 177 cm³/mol. The molecule has 0 atom stereocenters. The van der Waals surface area contributed by atoms with Crippen molar-refractivity contribution in [1.82, 2.24) is 24.3 Å². The molecule has 0 spiro atoms. The van der Waals surface area contributed by atoms with Gasteiger partial charge in [0, 0.05) is 72.4 Å². The van der Waals surface area contributed by atoms with Gasteiger partial charge in [-0.15, -0.1) is 0 Å². The highest BCUT2D eigenvalue weighted by molar-refractivity contribution is 6.41. The molecule has 6 rings (SSSR count). The molecule has 0 radical (unpaired) electrons. The van der Waals surface area contributed by atoms with E-state index in [1.165, 1.54) is 26.4 Å². The largest absolute Gasteiger partial charge is 0.495 e. The Hall–Kier alpha value is -4.45. The summed E-state index contributed by atoms with van der Waals surface area (Å²) in [5.74, 6) is 0.286. The normalized spacial score (nSPS) is 14.0. The Labute approximate surface area is 274 Å². The summed E-state index contributed by atoms with van der Waals surface area (Å²) in [6.07, 6.45) is 7.69. The molecule has 0 saturated carbocycles. The van der Waals surface area contributed by atoms with Crippen molar-refractivity contribution < 1.29 is 23.4 Å². The van der Waals surface area contributed by atoms with Gasteiger partial charge in [-0.25, -0.2) is 14.4 Å². The third kappa shape index (κ3) is 6.05. The van der Waals surface area contributed by atoms with Crippen LogP contribution in [0, 0.1) is 5.82 Å². The number of imidazole rings is 1. The zero-order valence-electron chi connectivity index (χ0n) is 25.4. The van der Waals surface area contributed by atoms with Gasteiger partial charge in [0.2, 0.25) is 5.95 Å². The number of aromatic nitrogens is 4. The van der Waals surface area contributed by atoms with Gasteiger partial charge < -0.3 is 24.4 Å². The molecule has 13 heteroatoms. The van der Waals surface area contributed by atoms with Crippen molar-refractivity contribution in [2.75, 3.05) is 39.7 Å². The van der Waals surface area contributed by atoms with E-state index >= 15 is 4.39 Å². The molecular formula is C33H31Cl2FN6O4. The molecule has 1 aliphatic heterocycles. The van der Waals surface area contributed by atoms with Crippen molar-refractivity contribution in [3.8, 4) is 28.4 Å². The van der Waals surface area contributed by atoms with Crippen LogP contribution in [0.4, 0.5) is 16.0 Å².